The molecule has 0 aliphatic heterocycles. The van der Waals surface area contributed by atoms with Crippen molar-refractivity contribution in [2.75, 3.05) is 11.9 Å². The lowest BCUT2D eigenvalue weighted by molar-refractivity contribution is 0.903. The van der Waals surface area contributed by atoms with Crippen molar-refractivity contribution in [1.29, 1.82) is 0 Å². The van der Waals surface area contributed by atoms with E-state index in [1.54, 1.807) is 11.3 Å². The maximum atomic E-state index is 4.80. The average molecular weight is 273 g/mol. The van der Waals surface area contributed by atoms with Gasteiger partial charge >= 0.3 is 0 Å². The van der Waals surface area contributed by atoms with Crippen LogP contribution in [0.25, 0.3) is 11.3 Å². The Morgan fingerprint density at radius 2 is 2.21 bits per heavy atom. The standard InChI is InChI=1S/C15H19N3S/c1-3-7-16-14-10(2)13(12-6-8-19-9-12)17-15(18-14)11-4-5-11/h6,8-9,11H,3-5,7H2,1-2H3,(H,16,17,18). The Kier molecular flexibility index (Phi) is 3.51. The van der Waals surface area contributed by atoms with E-state index < -0.39 is 0 Å². The van der Waals surface area contributed by atoms with E-state index in [1.165, 1.54) is 18.4 Å². The van der Waals surface area contributed by atoms with Crippen molar-refractivity contribution in [3.63, 3.8) is 0 Å². The fourth-order valence-corrected chi connectivity index (χ4v) is 2.79. The molecule has 1 aliphatic carbocycles. The van der Waals surface area contributed by atoms with Gasteiger partial charge in [-0.25, -0.2) is 9.97 Å². The van der Waals surface area contributed by atoms with Crippen LogP contribution in [0.4, 0.5) is 5.82 Å². The van der Waals surface area contributed by atoms with Gasteiger partial charge in [0, 0.05) is 29.0 Å². The van der Waals surface area contributed by atoms with Crippen molar-refractivity contribution >= 4 is 17.2 Å². The molecule has 100 valence electrons. The summed E-state index contributed by atoms with van der Waals surface area (Å²) in [6.07, 6.45) is 3.58. The number of hydrogen-bond acceptors (Lipinski definition) is 4. The SMILES string of the molecule is CCCNc1nc(C2CC2)nc(-c2ccsc2)c1C. The van der Waals surface area contributed by atoms with Gasteiger partial charge in [0.25, 0.3) is 0 Å². The first-order valence-electron chi connectivity index (χ1n) is 6.94. The number of nitrogens with zero attached hydrogens (tertiary/aromatic N) is 2. The maximum absolute atomic E-state index is 4.80. The molecule has 3 nitrogen and oxygen atoms in total. The molecule has 1 N–H and O–H groups in total. The third kappa shape index (κ3) is 2.63. The smallest absolute Gasteiger partial charge is 0.134 e. The minimum absolute atomic E-state index is 0.583. The first-order chi connectivity index (χ1) is 9.29. The summed E-state index contributed by atoms with van der Waals surface area (Å²) < 4.78 is 0. The highest BCUT2D eigenvalue weighted by atomic mass is 32.1. The first kappa shape index (κ1) is 12.6. The fraction of sp³-hybridized carbons (Fsp3) is 0.467. The summed E-state index contributed by atoms with van der Waals surface area (Å²) in [5.74, 6) is 2.62. The molecule has 0 atom stereocenters. The highest BCUT2D eigenvalue weighted by Gasteiger charge is 2.28. The lowest BCUT2D eigenvalue weighted by atomic mass is 10.1. The number of nitrogens with one attached hydrogen (secondary N) is 1. The number of hydrogen-bond donors (Lipinski definition) is 1. The number of aromatic nitrogens is 2. The lowest BCUT2D eigenvalue weighted by Crippen LogP contribution is -2.08. The molecule has 19 heavy (non-hydrogen) atoms. The van der Waals surface area contributed by atoms with Crippen molar-refractivity contribution in [2.45, 2.75) is 39.0 Å². The molecule has 0 bridgehead atoms. The van der Waals surface area contributed by atoms with E-state index in [9.17, 15) is 0 Å². The van der Waals surface area contributed by atoms with Crippen LogP contribution in [0.3, 0.4) is 0 Å². The lowest BCUT2D eigenvalue weighted by Gasteiger charge is -2.13. The second kappa shape index (κ2) is 5.29. The topological polar surface area (TPSA) is 37.8 Å². The van der Waals surface area contributed by atoms with Crippen molar-refractivity contribution in [3.05, 3.63) is 28.2 Å². The van der Waals surface area contributed by atoms with E-state index in [-0.39, 0.29) is 0 Å². The largest absolute Gasteiger partial charge is 0.370 e. The Labute approximate surface area is 118 Å². The third-order valence-electron chi connectivity index (χ3n) is 3.44. The second-order valence-corrected chi connectivity index (χ2v) is 5.90. The molecule has 1 aliphatic rings. The summed E-state index contributed by atoms with van der Waals surface area (Å²) >= 11 is 1.72. The predicted octanol–water partition coefficient (Wildman–Crippen LogP) is 4.21. The van der Waals surface area contributed by atoms with E-state index in [0.717, 1.165) is 35.9 Å². The number of thiophene rings is 1. The molecule has 0 saturated heterocycles. The first-order valence-corrected chi connectivity index (χ1v) is 7.89. The van der Waals surface area contributed by atoms with Gasteiger partial charge in [0.1, 0.15) is 11.6 Å². The van der Waals surface area contributed by atoms with Gasteiger partial charge in [0.2, 0.25) is 0 Å². The van der Waals surface area contributed by atoms with E-state index in [1.807, 2.05) is 0 Å². The maximum Gasteiger partial charge on any atom is 0.134 e. The summed E-state index contributed by atoms with van der Waals surface area (Å²) in [7, 11) is 0. The molecule has 0 unspecified atom stereocenters. The van der Waals surface area contributed by atoms with Crippen LogP contribution in [0.1, 0.15) is 43.5 Å². The van der Waals surface area contributed by atoms with Crippen LogP contribution in [-0.2, 0) is 0 Å². The van der Waals surface area contributed by atoms with Crippen LogP contribution < -0.4 is 5.32 Å². The molecular formula is C15H19N3S. The Morgan fingerprint density at radius 3 is 2.84 bits per heavy atom. The predicted molar refractivity (Wildman–Crippen MR) is 80.8 cm³/mol. The van der Waals surface area contributed by atoms with Gasteiger partial charge < -0.3 is 5.32 Å². The van der Waals surface area contributed by atoms with Crippen LogP contribution in [0.5, 0.6) is 0 Å². The van der Waals surface area contributed by atoms with Gasteiger partial charge in [0.15, 0.2) is 0 Å². The van der Waals surface area contributed by atoms with Crippen LogP contribution >= 0.6 is 11.3 Å². The highest BCUT2D eigenvalue weighted by molar-refractivity contribution is 7.08. The van der Waals surface area contributed by atoms with Crippen LogP contribution in [0, 0.1) is 6.92 Å². The number of rotatable bonds is 5. The minimum atomic E-state index is 0.583. The summed E-state index contributed by atoms with van der Waals surface area (Å²) in [6.45, 7) is 5.25. The van der Waals surface area contributed by atoms with Gasteiger partial charge in [-0.2, -0.15) is 11.3 Å². The van der Waals surface area contributed by atoms with Crippen molar-refractivity contribution < 1.29 is 0 Å². The van der Waals surface area contributed by atoms with Crippen LogP contribution in [0.15, 0.2) is 16.8 Å². The van der Waals surface area contributed by atoms with Gasteiger partial charge in [-0.1, -0.05) is 6.92 Å². The van der Waals surface area contributed by atoms with Gasteiger partial charge in [-0.3, -0.25) is 0 Å². The van der Waals surface area contributed by atoms with Crippen molar-refractivity contribution in [1.82, 2.24) is 9.97 Å². The van der Waals surface area contributed by atoms with Gasteiger partial charge in [0.05, 0.1) is 5.69 Å². The Bertz CT molecular complexity index is 559. The van der Waals surface area contributed by atoms with Crippen LogP contribution in [-0.4, -0.2) is 16.5 Å². The molecule has 0 aromatic carbocycles. The van der Waals surface area contributed by atoms with Crippen molar-refractivity contribution in [3.8, 4) is 11.3 Å². The third-order valence-corrected chi connectivity index (χ3v) is 4.13. The molecule has 2 aromatic rings. The normalized spacial score (nSPS) is 14.6. The summed E-state index contributed by atoms with van der Waals surface area (Å²) in [4.78, 5) is 9.52. The molecular weight excluding hydrogens is 254 g/mol. The van der Waals surface area contributed by atoms with E-state index in [2.05, 4.69) is 36.0 Å². The summed E-state index contributed by atoms with van der Waals surface area (Å²) in [5.41, 5.74) is 3.47. The van der Waals surface area contributed by atoms with E-state index in [4.69, 9.17) is 9.97 Å². The Balaban J connectivity index is 2.03. The van der Waals surface area contributed by atoms with Gasteiger partial charge in [-0.15, -0.1) is 0 Å². The van der Waals surface area contributed by atoms with Crippen LogP contribution in [0.2, 0.25) is 0 Å². The number of anilines is 1. The van der Waals surface area contributed by atoms with E-state index in [0.29, 0.717) is 5.92 Å². The zero-order valence-electron chi connectivity index (χ0n) is 11.4. The van der Waals surface area contributed by atoms with Gasteiger partial charge in [-0.05, 0) is 37.6 Å². The van der Waals surface area contributed by atoms with E-state index >= 15 is 0 Å². The zero-order chi connectivity index (χ0) is 13.2. The summed E-state index contributed by atoms with van der Waals surface area (Å²) in [5, 5.41) is 7.71. The molecule has 1 fully saturated rings. The molecule has 4 heteroatoms. The monoisotopic (exact) mass is 273 g/mol. The molecule has 0 amide bonds. The highest BCUT2D eigenvalue weighted by Crippen LogP contribution is 2.40. The zero-order valence-corrected chi connectivity index (χ0v) is 12.3. The molecule has 0 spiro atoms. The molecule has 2 aromatic heterocycles. The fourth-order valence-electron chi connectivity index (χ4n) is 2.15. The molecule has 3 rings (SSSR count). The Hall–Kier alpha value is -1.42. The molecule has 0 radical (unpaired) electrons. The minimum Gasteiger partial charge on any atom is -0.370 e. The average Bonchev–Trinajstić information content (AvgIpc) is 3.13. The molecule has 1 saturated carbocycles. The van der Waals surface area contributed by atoms with Crippen molar-refractivity contribution in [2.24, 2.45) is 0 Å². The second-order valence-electron chi connectivity index (χ2n) is 5.12. The summed E-state index contributed by atoms with van der Waals surface area (Å²) in [6, 6.07) is 2.14. The molecule has 2 heterocycles. The Morgan fingerprint density at radius 1 is 1.37 bits per heavy atom. The quantitative estimate of drug-likeness (QED) is 0.886.